The molecule has 0 unspecified atom stereocenters. The zero-order valence-electron chi connectivity index (χ0n) is 15.6. The Balaban J connectivity index is 1.71. The second kappa shape index (κ2) is 11.0. The summed E-state index contributed by atoms with van der Waals surface area (Å²) in [4.78, 5) is 14.2. The van der Waals surface area contributed by atoms with Crippen molar-refractivity contribution in [1.29, 1.82) is 0 Å². The Bertz CT molecular complexity index is 725. The first-order chi connectivity index (χ1) is 12.7. The summed E-state index contributed by atoms with van der Waals surface area (Å²) in [5.74, 6) is 5.95. The van der Waals surface area contributed by atoms with Crippen LogP contribution in [0, 0.1) is 11.8 Å². The third-order valence-corrected chi connectivity index (χ3v) is 4.12. The van der Waals surface area contributed by atoms with Gasteiger partial charge in [0.15, 0.2) is 0 Å². The fourth-order valence-corrected chi connectivity index (χ4v) is 2.50. The molecule has 26 heavy (non-hydrogen) atoms. The van der Waals surface area contributed by atoms with Crippen LogP contribution in [-0.2, 0) is 13.1 Å². The first-order valence-electron chi connectivity index (χ1n) is 9.07. The molecule has 0 aromatic heterocycles. The van der Waals surface area contributed by atoms with E-state index in [1.165, 1.54) is 5.56 Å². The average molecular weight is 349 g/mol. The van der Waals surface area contributed by atoms with Gasteiger partial charge < -0.3 is 10.6 Å². The molecule has 2 N–H and O–H groups in total. The molecule has 0 saturated carbocycles. The highest BCUT2D eigenvalue weighted by Gasteiger charge is 2.02. The van der Waals surface area contributed by atoms with Gasteiger partial charge in [0.05, 0.1) is 6.54 Å². The van der Waals surface area contributed by atoms with Gasteiger partial charge in [-0.2, -0.15) is 0 Å². The summed E-state index contributed by atoms with van der Waals surface area (Å²) in [7, 11) is 0. The summed E-state index contributed by atoms with van der Waals surface area (Å²) in [5.41, 5.74) is 3.32. The van der Waals surface area contributed by atoms with E-state index in [1.54, 1.807) is 0 Å². The third-order valence-electron chi connectivity index (χ3n) is 4.12. The minimum absolute atomic E-state index is 0.209. The maximum Gasteiger partial charge on any atom is 0.315 e. The van der Waals surface area contributed by atoms with Crippen LogP contribution in [0.1, 0.15) is 30.5 Å². The second-order valence-corrected chi connectivity index (χ2v) is 5.98. The number of urea groups is 1. The van der Waals surface area contributed by atoms with Gasteiger partial charge >= 0.3 is 6.03 Å². The average Bonchev–Trinajstić information content (AvgIpc) is 2.69. The molecular weight excluding hydrogens is 322 g/mol. The topological polar surface area (TPSA) is 44.4 Å². The first kappa shape index (κ1) is 19.6. The van der Waals surface area contributed by atoms with Crippen LogP contribution >= 0.6 is 0 Å². The monoisotopic (exact) mass is 349 g/mol. The van der Waals surface area contributed by atoms with Crippen LogP contribution in [0.5, 0.6) is 0 Å². The van der Waals surface area contributed by atoms with Crippen molar-refractivity contribution in [3.05, 3.63) is 71.3 Å². The summed E-state index contributed by atoms with van der Waals surface area (Å²) in [6.45, 7) is 8.23. The number of carbonyl (C=O) groups is 1. The number of nitrogens with one attached hydrogen (secondary N) is 2. The highest BCUT2D eigenvalue weighted by atomic mass is 16.2. The maximum atomic E-state index is 11.8. The number of hydrogen-bond acceptors (Lipinski definition) is 2. The van der Waals surface area contributed by atoms with Crippen molar-refractivity contribution in [1.82, 2.24) is 15.5 Å². The lowest BCUT2D eigenvalue weighted by Crippen LogP contribution is -2.35. The number of carbonyl (C=O) groups excluding carboxylic acids is 1. The highest BCUT2D eigenvalue weighted by Crippen LogP contribution is 2.07. The highest BCUT2D eigenvalue weighted by molar-refractivity contribution is 5.74. The van der Waals surface area contributed by atoms with E-state index in [2.05, 4.69) is 65.5 Å². The number of nitrogens with zero attached hydrogens (tertiary/aromatic N) is 1. The van der Waals surface area contributed by atoms with E-state index < -0.39 is 0 Å². The number of hydrogen-bond donors (Lipinski definition) is 2. The van der Waals surface area contributed by atoms with E-state index in [9.17, 15) is 4.79 Å². The van der Waals surface area contributed by atoms with Crippen LogP contribution in [0.25, 0.3) is 0 Å². The lowest BCUT2D eigenvalue weighted by molar-refractivity contribution is 0.241. The van der Waals surface area contributed by atoms with Crippen molar-refractivity contribution in [3.63, 3.8) is 0 Å². The van der Waals surface area contributed by atoms with Gasteiger partial charge in [0.2, 0.25) is 0 Å². The lowest BCUT2D eigenvalue weighted by Gasteiger charge is -2.18. The molecular formula is C22H27N3O. The Morgan fingerprint density at radius 1 is 0.923 bits per heavy atom. The van der Waals surface area contributed by atoms with Gasteiger partial charge in [-0.15, -0.1) is 0 Å². The Hall–Kier alpha value is -2.77. The fourth-order valence-electron chi connectivity index (χ4n) is 2.50. The van der Waals surface area contributed by atoms with Gasteiger partial charge in [-0.3, -0.25) is 4.90 Å². The molecule has 4 nitrogen and oxygen atoms in total. The Morgan fingerprint density at radius 2 is 1.58 bits per heavy atom. The Morgan fingerprint density at radius 3 is 2.23 bits per heavy atom. The SMILES string of the molecule is CCN(CC)Cc1ccc(CNC(=O)NCC#Cc2ccccc2)cc1. The predicted molar refractivity (Wildman–Crippen MR) is 107 cm³/mol. The van der Waals surface area contributed by atoms with Gasteiger partial charge in [-0.25, -0.2) is 4.79 Å². The van der Waals surface area contributed by atoms with Crippen LogP contribution in [0.4, 0.5) is 4.79 Å². The van der Waals surface area contributed by atoms with Crippen molar-refractivity contribution in [2.45, 2.75) is 26.9 Å². The fraction of sp³-hybridized carbons (Fsp3) is 0.318. The smallest absolute Gasteiger partial charge is 0.315 e. The van der Waals surface area contributed by atoms with Gasteiger partial charge in [0, 0.05) is 18.7 Å². The van der Waals surface area contributed by atoms with Crippen LogP contribution in [0.3, 0.4) is 0 Å². The molecule has 2 rings (SSSR count). The summed E-state index contributed by atoms with van der Waals surface area (Å²) >= 11 is 0. The van der Waals surface area contributed by atoms with Crippen molar-refractivity contribution in [2.75, 3.05) is 19.6 Å². The normalized spacial score (nSPS) is 10.1. The number of amides is 2. The number of benzene rings is 2. The molecule has 0 atom stereocenters. The van der Waals surface area contributed by atoms with Crippen LogP contribution in [-0.4, -0.2) is 30.6 Å². The summed E-state index contributed by atoms with van der Waals surface area (Å²) < 4.78 is 0. The molecule has 2 amide bonds. The molecule has 0 saturated heterocycles. The zero-order chi connectivity index (χ0) is 18.6. The molecule has 0 aliphatic carbocycles. The Labute approximate surface area is 156 Å². The van der Waals surface area contributed by atoms with E-state index in [-0.39, 0.29) is 6.03 Å². The molecule has 2 aromatic rings. The van der Waals surface area contributed by atoms with E-state index in [1.807, 2.05) is 30.3 Å². The molecule has 0 aliphatic heterocycles. The minimum Gasteiger partial charge on any atom is -0.334 e. The summed E-state index contributed by atoms with van der Waals surface area (Å²) in [6.07, 6.45) is 0. The van der Waals surface area contributed by atoms with Gasteiger partial charge in [-0.05, 0) is 36.3 Å². The summed E-state index contributed by atoms with van der Waals surface area (Å²) in [5, 5.41) is 5.60. The van der Waals surface area contributed by atoms with Crippen molar-refractivity contribution >= 4 is 6.03 Å². The van der Waals surface area contributed by atoms with Crippen molar-refractivity contribution in [2.24, 2.45) is 0 Å². The van der Waals surface area contributed by atoms with Crippen molar-refractivity contribution in [3.8, 4) is 11.8 Å². The molecule has 0 aliphatic rings. The zero-order valence-corrected chi connectivity index (χ0v) is 15.6. The largest absolute Gasteiger partial charge is 0.334 e. The maximum absolute atomic E-state index is 11.8. The van der Waals surface area contributed by atoms with Gasteiger partial charge in [0.25, 0.3) is 0 Å². The van der Waals surface area contributed by atoms with Crippen molar-refractivity contribution < 1.29 is 4.79 Å². The quantitative estimate of drug-likeness (QED) is 0.753. The van der Waals surface area contributed by atoms with Crippen LogP contribution in [0.2, 0.25) is 0 Å². The molecule has 0 fully saturated rings. The minimum atomic E-state index is -0.209. The first-order valence-corrected chi connectivity index (χ1v) is 9.07. The van der Waals surface area contributed by atoms with Crippen LogP contribution in [0.15, 0.2) is 54.6 Å². The third kappa shape index (κ3) is 7.00. The van der Waals surface area contributed by atoms with E-state index >= 15 is 0 Å². The standard InChI is InChI=1S/C22H27N3O/c1-3-25(4-2)18-21-14-12-20(13-15-21)17-24-22(26)23-16-8-11-19-9-6-5-7-10-19/h5-7,9-10,12-15H,3-4,16-18H2,1-2H3,(H2,23,24,26). The molecule has 0 radical (unpaired) electrons. The second-order valence-electron chi connectivity index (χ2n) is 5.98. The van der Waals surface area contributed by atoms with E-state index in [0.29, 0.717) is 13.1 Å². The molecule has 0 heterocycles. The summed E-state index contributed by atoms with van der Waals surface area (Å²) in [6, 6.07) is 17.9. The molecule has 136 valence electrons. The van der Waals surface area contributed by atoms with Gasteiger partial charge in [-0.1, -0.05) is 68.2 Å². The number of rotatable bonds is 7. The van der Waals surface area contributed by atoms with Gasteiger partial charge in [0.1, 0.15) is 0 Å². The van der Waals surface area contributed by atoms with Crippen LogP contribution < -0.4 is 10.6 Å². The van der Waals surface area contributed by atoms with E-state index in [0.717, 1.165) is 30.8 Å². The Kier molecular flexibility index (Phi) is 8.25. The molecule has 4 heteroatoms. The van der Waals surface area contributed by atoms with E-state index in [4.69, 9.17) is 0 Å². The molecule has 2 aromatic carbocycles. The molecule has 0 bridgehead atoms. The predicted octanol–water partition coefficient (Wildman–Crippen LogP) is 3.38. The molecule has 0 spiro atoms. The lowest BCUT2D eigenvalue weighted by atomic mass is 10.1.